The highest BCUT2D eigenvalue weighted by molar-refractivity contribution is 7.92. The van der Waals surface area contributed by atoms with E-state index in [2.05, 4.69) is 10.0 Å². The molecule has 0 saturated carbocycles. The largest absolute Gasteiger partial charge is 0.444 e. The molecule has 13 heteroatoms. The Morgan fingerprint density at radius 1 is 0.977 bits per heavy atom. The third-order valence-electron chi connectivity index (χ3n) is 7.53. The Balaban J connectivity index is 1.49. The molecule has 2 aliphatic heterocycles. The second-order valence-corrected chi connectivity index (χ2v) is 14.5. The number of hydrogen-bond donors (Lipinski definition) is 2. The monoisotopic (exact) mass is 647 g/mol. The molecule has 1 unspecified atom stereocenters. The molecule has 0 bridgehead atoms. The highest BCUT2D eigenvalue weighted by Gasteiger charge is 2.37. The molecular formula is C31H42ClN5O6S. The zero-order chi connectivity index (χ0) is 32.1. The first-order chi connectivity index (χ1) is 20.7. The number of halogens is 1. The molecule has 2 saturated heterocycles. The molecule has 2 atom stereocenters. The fourth-order valence-electron chi connectivity index (χ4n) is 5.49. The van der Waals surface area contributed by atoms with E-state index >= 15 is 0 Å². The Morgan fingerprint density at radius 3 is 2.27 bits per heavy atom. The summed E-state index contributed by atoms with van der Waals surface area (Å²) in [5.74, 6) is -0.614. The molecule has 2 aromatic carbocycles. The average molecular weight is 648 g/mol. The smallest absolute Gasteiger partial charge is 0.410 e. The van der Waals surface area contributed by atoms with Gasteiger partial charge < -0.3 is 19.9 Å². The second kappa shape index (κ2) is 14.1. The van der Waals surface area contributed by atoms with Gasteiger partial charge in [-0.15, -0.1) is 0 Å². The first-order valence-corrected chi connectivity index (χ1v) is 17.1. The Morgan fingerprint density at radius 2 is 1.64 bits per heavy atom. The van der Waals surface area contributed by atoms with E-state index in [-0.39, 0.29) is 18.2 Å². The summed E-state index contributed by atoms with van der Waals surface area (Å²) in [7, 11) is -3.47. The lowest BCUT2D eigenvalue weighted by atomic mass is 10.00. The van der Waals surface area contributed by atoms with Crippen molar-refractivity contribution >= 4 is 50.9 Å². The second-order valence-electron chi connectivity index (χ2n) is 12.3. The summed E-state index contributed by atoms with van der Waals surface area (Å²) in [6.45, 7) is 7.47. The van der Waals surface area contributed by atoms with Gasteiger partial charge in [0.2, 0.25) is 21.8 Å². The van der Waals surface area contributed by atoms with Crippen LogP contribution in [0.2, 0.25) is 5.02 Å². The van der Waals surface area contributed by atoms with E-state index in [1.807, 2.05) is 29.2 Å². The van der Waals surface area contributed by atoms with Crippen molar-refractivity contribution in [2.45, 2.75) is 64.1 Å². The number of likely N-dealkylation sites (tertiary alicyclic amines) is 1. The summed E-state index contributed by atoms with van der Waals surface area (Å²) in [4.78, 5) is 45.8. The number of nitrogens with zero attached hydrogens (tertiary/aromatic N) is 3. The maximum Gasteiger partial charge on any atom is 0.410 e. The zero-order valence-electron chi connectivity index (χ0n) is 25.7. The quantitative estimate of drug-likeness (QED) is 0.445. The number of piperidine rings is 1. The number of anilines is 2. The maximum absolute atomic E-state index is 14.0. The highest BCUT2D eigenvalue weighted by atomic mass is 35.5. The van der Waals surface area contributed by atoms with Crippen molar-refractivity contribution in [3.63, 3.8) is 0 Å². The van der Waals surface area contributed by atoms with Gasteiger partial charge in [0.15, 0.2) is 0 Å². The van der Waals surface area contributed by atoms with Crippen LogP contribution in [0.4, 0.5) is 16.2 Å². The Bertz CT molecular complexity index is 1440. The molecule has 2 heterocycles. The average Bonchev–Trinajstić information content (AvgIpc) is 2.96. The highest BCUT2D eigenvalue weighted by Crippen LogP contribution is 2.28. The van der Waals surface area contributed by atoms with Crippen LogP contribution in [0, 0.1) is 0 Å². The minimum atomic E-state index is -3.47. The molecule has 0 spiro atoms. The van der Waals surface area contributed by atoms with Gasteiger partial charge in [-0.1, -0.05) is 35.9 Å². The molecule has 0 aliphatic carbocycles. The number of benzene rings is 2. The number of nitrogens with one attached hydrogen (secondary N) is 2. The number of para-hydroxylation sites is 2. The fraction of sp³-hybridized carbons (Fsp3) is 0.516. The van der Waals surface area contributed by atoms with Gasteiger partial charge in [-0.25, -0.2) is 13.2 Å². The summed E-state index contributed by atoms with van der Waals surface area (Å²) >= 11 is 6.08. The van der Waals surface area contributed by atoms with Crippen LogP contribution in [0.25, 0.3) is 0 Å². The molecule has 2 aliphatic rings. The number of piperazine rings is 1. The number of rotatable bonds is 8. The van der Waals surface area contributed by atoms with Gasteiger partial charge in [0.1, 0.15) is 17.7 Å². The molecular weight excluding hydrogens is 606 g/mol. The maximum atomic E-state index is 14.0. The number of carbonyl (C=O) groups excluding carboxylic acids is 3. The fourth-order valence-corrected chi connectivity index (χ4v) is 6.19. The lowest BCUT2D eigenvalue weighted by Gasteiger charge is -2.39. The molecule has 2 aromatic rings. The third kappa shape index (κ3) is 9.25. The molecule has 0 radical (unpaired) electrons. The van der Waals surface area contributed by atoms with E-state index in [0.29, 0.717) is 49.9 Å². The van der Waals surface area contributed by atoms with E-state index in [0.717, 1.165) is 30.3 Å². The summed E-state index contributed by atoms with van der Waals surface area (Å²) in [5.41, 5.74) is 1.34. The number of carbonyl (C=O) groups is 3. The van der Waals surface area contributed by atoms with Crippen molar-refractivity contribution < 1.29 is 27.5 Å². The molecule has 44 heavy (non-hydrogen) atoms. The van der Waals surface area contributed by atoms with Crippen LogP contribution >= 0.6 is 11.6 Å². The van der Waals surface area contributed by atoms with Crippen LogP contribution in [0.15, 0.2) is 48.5 Å². The molecule has 4 rings (SSSR count). The van der Waals surface area contributed by atoms with Crippen LogP contribution in [0.3, 0.4) is 0 Å². The molecule has 240 valence electrons. The van der Waals surface area contributed by atoms with Crippen LogP contribution < -0.4 is 14.9 Å². The predicted octanol–water partition coefficient (Wildman–Crippen LogP) is 3.88. The molecule has 2 N–H and O–H groups in total. The number of amides is 3. The first kappa shape index (κ1) is 33.4. The molecule has 3 amide bonds. The number of hydrogen-bond acceptors (Lipinski definition) is 7. The lowest BCUT2D eigenvalue weighted by molar-refractivity contribution is -0.138. The van der Waals surface area contributed by atoms with E-state index in [1.165, 1.54) is 4.90 Å². The predicted molar refractivity (Wildman–Crippen MR) is 171 cm³/mol. The van der Waals surface area contributed by atoms with Gasteiger partial charge in [-0.3, -0.25) is 19.2 Å². The van der Waals surface area contributed by atoms with E-state index in [4.69, 9.17) is 16.3 Å². The normalized spacial score (nSPS) is 18.4. The van der Waals surface area contributed by atoms with Crippen molar-refractivity contribution in [2.24, 2.45) is 0 Å². The Hall–Kier alpha value is -3.51. The van der Waals surface area contributed by atoms with E-state index < -0.39 is 33.8 Å². The van der Waals surface area contributed by atoms with Gasteiger partial charge >= 0.3 is 6.09 Å². The van der Waals surface area contributed by atoms with Gasteiger partial charge in [-0.05, 0) is 69.9 Å². The van der Waals surface area contributed by atoms with Gasteiger partial charge in [0.25, 0.3) is 0 Å². The molecule has 0 aromatic heterocycles. The van der Waals surface area contributed by atoms with Crippen LogP contribution in [-0.4, -0.2) is 92.8 Å². The lowest BCUT2D eigenvalue weighted by Crippen LogP contribution is -2.59. The minimum Gasteiger partial charge on any atom is -0.444 e. The summed E-state index contributed by atoms with van der Waals surface area (Å²) in [6, 6.07) is 12.7. The SMILES string of the molecule is CC(C)(C)OC(=O)N1CCCCC1C(=O)N[C@H](Cc1ccc(Cl)cc1)C(=O)N1CCN(c2ccccc2NS(C)(=O)=O)CC1. The summed E-state index contributed by atoms with van der Waals surface area (Å²) in [6.07, 6.45) is 2.85. The first-order valence-electron chi connectivity index (χ1n) is 14.9. The molecule has 2 fully saturated rings. The summed E-state index contributed by atoms with van der Waals surface area (Å²) < 4.78 is 31.9. The standard InChI is InChI=1S/C31H42ClN5O6S/c1-31(2,3)43-30(40)37-16-8-7-11-27(37)28(38)33-25(21-22-12-14-23(32)15-13-22)29(39)36-19-17-35(18-20-36)26-10-6-5-9-24(26)34-44(4,41)42/h5-6,9-10,12-15,25,27,34H,7-8,11,16-21H2,1-4H3,(H,33,38)/t25-,27?/m1/s1. The van der Waals surface area contributed by atoms with Crippen LogP contribution in [0.5, 0.6) is 0 Å². The Kier molecular flexibility index (Phi) is 10.7. The molecule has 11 nitrogen and oxygen atoms in total. The minimum absolute atomic E-state index is 0.227. The number of sulfonamides is 1. The number of ether oxygens (including phenoxy) is 1. The van der Waals surface area contributed by atoms with Gasteiger partial charge in [0, 0.05) is 44.2 Å². The van der Waals surface area contributed by atoms with Crippen LogP contribution in [0.1, 0.15) is 45.6 Å². The van der Waals surface area contributed by atoms with Gasteiger partial charge in [-0.2, -0.15) is 0 Å². The third-order valence-corrected chi connectivity index (χ3v) is 8.38. The van der Waals surface area contributed by atoms with Crippen molar-refractivity contribution in [2.75, 3.05) is 48.6 Å². The Labute approximate surface area is 264 Å². The topological polar surface area (TPSA) is 128 Å². The van der Waals surface area contributed by atoms with Crippen molar-refractivity contribution in [3.05, 3.63) is 59.1 Å². The van der Waals surface area contributed by atoms with Crippen molar-refractivity contribution in [1.29, 1.82) is 0 Å². The van der Waals surface area contributed by atoms with E-state index in [9.17, 15) is 22.8 Å². The van der Waals surface area contributed by atoms with Crippen molar-refractivity contribution in [1.82, 2.24) is 15.1 Å². The van der Waals surface area contributed by atoms with Crippen LogP contribution in [-0.2, 0) is 30.8 Å². The van der Waals surface area contributed by atoms with Gasteiger partial charge in [0.05, 0.1) is 17.6 Å². The summed E-state index contributed by atoms with van der Waals surface area (Å²) in [5, 5.41) is 3.54. The van der Waals surface area contributed by atoms with Crippen molar-refractivity contribution in [3.8, 4) is 0 Å². The van der Waals surface area contributed by atoms with E-state index in [1.54, 1.807) is 49.9 Å². The zero-order valence-corrected chi connectivity index (χ0v) is 27.3.